The maximum atomic E-state index is 12.5. The van der Waals surface area contributed by atoms with Gasteiger partial charge in [-0.15, -0.1) is 0 Å². The van der Waals surface area contributed by atoms with Gasteiger partial charge in [0.2, 0.25) is 5.91 Å². The zero-order chi connectivity index (χ0) is 15.8. The third kappa shape index (κ3) is 2.34. The van der Waals surface area contributed by atoms with Crippen molar-refractivity contribution in [3.05, 3.63) is 60.2 Å². The summed E-state index contributed by atoms with van der Waals surface area (Å²) >= 11 is 0. The van der Waals surface area contributed by atoms with Gasteiger partial charge in [-0.2, -0.15) is 0 Å². The second kappa shape index (κ2) is 5.24. The molecule has 3 N–H and O–H groups in total. The van der Waals surface area contributed by atoms with Gasteiger partial charge >= 0.3 is 0 Å². The van der Waals surface area contributed by atoms with E-state index >= 15 is 0 Å². The number of imidazole rings is 1. The molecular formula is C17H14N4O2. The molecule has 0 bridgehead atoms. The van der Waals surface area contributed by atoms with Crippen LogP contribution in [0, 0.1) is 0 Å². The SMILES string of the molecule is O=C1NC(Cc2cnc[nH]2)C(=O)Nc2c1ccc1ccccc21. The number of benzene rings is 2. The van der Waals surface area contributed by atoms with Crippen LogP contribution in [0.25, 0.3) is 10.8 Å². The van der Waals surface area contributed by atoms with E-state index in [0.717, 1.165) is 16.5 Å². The average molecular weight is 306 g/mol. The lowest BCUT2D eigenvalue weighted by atomic mass is 10.0. The molecule has 1 aliphatic heterocycles. The highest BCUT2D eigenvalue weighted by molar-refractivity contribution is 6.16. The van der Waals surface area contributed by atoms with Crippen molar-refractivity contribution in [3.63, 3.8) is 0 Å². The van der Waals surface area contributed by atoms with Crippen molar-refractivity contribution in [2.75, 3.05) is 5.32 Å². The van der Waals surface area contributed by atoms with Gasteiger partial charge < -0.3 is 15.6 Å². The van der Waals surface area contributed by atoms with Crippen molar-refractivity contribution < 1.29 is 9.59 Å². The zero-order valence-corrected chi connectivity index (χ0v) is 12.2. The molecular weight excluding hydrogens is 292 g/mol. The molecule has 1 atom stereocenters. The summed E-state index contributed by atoms with van der Waals surface area (Å²) in [6, 6.07) is 10.6. The van der Waals surface area contributed by atoms with E-state index in [1.807, 2.05) is 30.3 Å². The Balaban J connectivity index is 1.75. The summed E-state index contributed by atoms with van der Waals surface area (Å²) in [6.07, 6.45) is 3.56. The fraction of sp³-hybridized carbons (Fsp3) is 0.118. The van der Waals surface area contributed by atoms with Gasteiger partial charge in [-0.25, -0.2) is 4.98 Å². The first-order valence-corrected chi connectivity index (χ1v) is 7.33. The lowest BCUT2D eigenvalue weighted by molar-refractivity contribution is -0.117. The first-order valence-electron chi connectivity index (χ1n) is 7.33. The van der Waals surface area contributed by atoms with E-state index in [9.17, 15) is 9.59 Å². The number of hydrogen-bond donors (Lipinski definition) is 3. The van der Waals surface area contributed by atoms with E-state index in [0.29, 0.717) is 17.7 Å². The third-order valence-electron chi connectivity index (χ3n) is 4.02. The standard InChI is InChI=1S/C17H14N4O2/c22-16-13-6-5-10-3-1-2-4-12(10)15(13)21-17(23)14(20-16)7-11-8-18-9-19-11/h1-6,8-9,14H,7H2,(H,18,19)(H,20,22)(H,21,23). The van der Waals surface area contributed by atoms with Gasteiger partial charge in [0.05, 0.1) is 17.6 Å². The maximum Gasteiger partial charge on any atom is 0.254 e. The van der Waals surface area contributed by atoms with Crippen molar-refractivity contribution in [2.45, 2.75) is 12.5 Å². The molecule has 6 heteroatoms. The van der Waals surface area contributed by atoms with E-state index in [2.05, 4.69) is 20.6 Å². The van der Waals surface area contributed by atoms with Gasteiger partial charge in [0.1, 0.15) is 6.04 Å². The summed E-state index contributed by atoms with van der Waals surface area (Å²) in [5, 5.41) is 7.53. The molecule has 2 aromatic carbocycles. The Morgan fingerprint density at radius 2 is 1.96 bits per heavy atom. The normalized spacial score (nSPS) is 17.3. The number of amides is 2. The Morgan fingerprint density at radius 1 is 1.09 bits per heavy atom. The van der Waals surface area contributed by atoms with Crippen LogP contribution in [0.2, 0.25) is 0 Å². The van der Waals surface area contributed by atoms with E-state index < -0.39 is 6.04 Å². The molecule has 0 spiro atoms. The molecule has 1 aliphatic rings. The van der Waals surface area contributed by atoms with E-state index in [1.165, 1.54) is 0 Å². The number of anilines is 1. The predicted molar refractivity (Wildman–Crippen MR) is 86.1 cm³/mol. The van der Waals surface area contributed by atoms with Crippen LogP contribution in [0.4, 0.5) is 5.69 Å². The molecule has 1 aromatic heterocycles. The highest BCUT2D eigenvalue weighted by Crippen LogP contribution is 2.29. The number of carbonyl (C=O) groups excluding carboxylic acids is 2. The van der Waals surface area contributed by atoms with Crippen molar-refractivity contribution in [3.8, 4) is 0 Å². The summed E-state index contributed by atoms with van der Waals surface area (Å²) in [7, 11) is 0. The first-order chi connectivity index (χ1) is 11.2. The Labute approximate surface area is 131 Å². The van der Waals surface area contributed by atoms with E-state index in [4.69, 9.17) is 0 Å². The van der Waals surface area contributed by atoms with Crippen molar-refractivity contribution >= 4 is 28.3 Å². The molecule has 2 heterocycles. The van der Waals surface area contributed by atoms with Crippen LogP contribution in [0.5, 0.6) is 0 Å². The predicted octanol–water partition coefficient (Wildman–Crippen LogP) is 1.86. The summed E-state index contributed by atoms with van der Waals surface area (Å²) in [5.74, 6) is -0.489. The minimum atomic E-state index is -0.644. The second-order valence-electron chi connectivity index (χ2n) is 5.51. The lowest BCUT2D eigenvalue weighted by Gasteiger charge is -2.13. The number of aromatic nitrogens is 2. The summed E-state index contributed by atoms with van der Waals surface area (Å²) in [5.41, 5.74) is 1.84. The topological polar surface area (TPSA) is 86.9 Å². The quantitative estimate of drug-likeness (QED) is 0.675. The number of rotatable bonds is 2. The van der Waals surface area contributed by atoms with Gasteiger partial charge in [-0.3, -0.25) is 9.59 Å². The number of carbonyl (C=O) groups is 2. The monoisotopic (exact) mass is 306 g/mol. The Kier molecular flexibility index (Phi) is 3.08. The molecule has 0 aliphatic carbocycles. The molecule has 3 aromatic rings. The largest absolute Gasteiger partial charge is 0.348 e. The highest BCUT2D eigenvalue weighted by Gasteiger charge is 2.29. The van der Waals surface area contributed by atoms with Crippen molar-refractivity contribution in [1.29, 1.82) is 0 Å². The van der Waals surface area contributed by atoms with Crippen LogP contribution in [0.3, 0.4) is 0 Å². The number of H-pyrrole nitrogens is 1. The molecule has 4 rings (SSSR count). The minimum Gasteiger partial charge on any atom is -0.348 e. The molecule has 0 fully saturated rings. The summed E-state index contributed by atoms with van der Waals surface area (Å²) < 4.78 is 0. The molecule has 6 nitrogen and oxygen atoms in total. The van der Waals surface area contributed by atoms with Crippen LogP contribution in [-0.2, 0) is 11.2 Å². The summed E-state index contributed by atoms with van der Waals surface area (Å²) in [6.45, 7) is 0. The molecule has 114 valence electrons. The number of nitrogens with one attached hydrogen (secondary N) is 3. The van der Waals surface area contributed by atoms with Crippen LogP contribution >= 0.6 is 0 Å². The number of nitrogens with zero attached hydrogens (tertiary/aromatic N) is 1. The fourth-order valence-electron chi connectivity index (χ4n) is 2.87. The van der Waals surface area contributed by atoms with Crippen LogP contribution in [-0.4, -0.2) is 27.8 Å². The molecule has 1 unspecified atom stereocenters. The van der Waals surface area contributed by atoms with Crippen molar-refractivity contribution in [1.82, 2.24) is 15.3 Å². The zero-order valence-electron chi connectivity index (χ0n) is 12.2. The maximum absolute atomic E-state index is 12.5. The first kappa shape index (κ1) is 13.5. The van der Waals surface area contributed by atoms with Crippen LogP contribution in [0.15, 0.2) is 48.9 Å². The van der Waals surface area contributed by atoms with Crippen molar-refractivity contribution in [2.24, 2.45) is 0 Å². The van der Waals surface area contributed by atoms with Gasteiger partial charge in [-0.1, -0.05) is 30.3 Å². The Bertz CT molecular complexity index is 902. The number of aromatic amines is 1. The van der Waals surface area contributed by atoms with Crippen LogP contribution < -0.4 is 10.6 Å². The second-order valence-corrected chi connectivity index (χ2v) is 5.51. The fourth-order valence-corrected chi connectivity index (χ4v) is 2.87. The van der Waals surface area contributed by atoms with Gasteiger partial charge in [0, 0.05) is 23.7 Å². The molecule has 23 heavy (non-hydrogen) atoms. The van der Waals surface area contributed by atoms with Gasteiger partial charge in [0.25, 0.3) is 5.91 Å². The third-order valence-corrected chi connectivity index (χ3v) is 4.02. The number of fused-ring (bicyclic) bond motifs is 3. The Hall–Kier alpha value is -3.15. The number of hydrogen-bond acceptors (Lipinski definition) is 3. The minimum absolute atomic E-state index is 0.233. The lowest BCUT2D eigenvalue weighted by Crippen LogP contribution is -2.42. The molecule has 0 radical (unpaired) electrons. The Morgan fingerprint density at radius 3 is 2.78 bits per heavy atom. The average Bonchev–Trinajstić information content (AvgIpc) is 3.03. The van der Waals surface area contributed by atoms with Crippen LogP contribution in [0.1, 0.15) is 16.1 Å². The van der Waals surface area contributed by atoms with Gasteiger partial charge in [-0.05, 0) is 11.5 Å². The molecule has 2 amide bonds. The molecule has 0 saturated heterocycles. The smallest absolute Gasteiger partial charge is 0.254 e. The molecule has 0 saturated carbocycles. The van der Waals surface area contributed by atoms with E-state index in [1.54, 1.807) is 18.6 Å². The highest BCUT2D eigenvalue weighted by atomic mass is 16.2. The summed E-state index contributed by atoms with van der Waals surface area (Å²) in [4.78, 5) is 31.9. The van der Waals surface area contributed by atoms with E-state index in [-0.39, 0.29) is 11.8 Å². The van der Waals surface area contributed by atoms with Gasteiger partial charge in [0.15, 0.2) is 0 Å².